The Labute approximate surface area is 113 Å². The van der Waals surface area contributed by atoms with E-state index in [0.717, 1.165) is 36.7 Å². The van der Waals surface area contributed by atoms with Crippen LogP contribution < -0.4 is 10.6 Å². The van der Waals surface area contributed by atoms with Crippen molar-refractivity contribution in [3.05, 3.63) is 47.5 Å². The van der Waals surface area contributed by atoms with E-state index in [1.807, 2.05) is 38.1 Å². The predicted molar refractivity (Wildman–Crippen MR) is 75.9 cm³/mol. The molecule has 0 fully saturated rings. The number of pyridine rings is 1. The second-order valence-corrected chi connectivity index (χ2v) is 4.40. The second-order valence-electron chi connectivity index (χ2n) is 4.40. The zero-order chi connectivity index (χ0) is 13.5. The highest BCUT2D eigenvalue weighted by atomic mass is 15.1. The standard InChI is InChI=1S/C14H19N5/c1-11-9-12(2)19-14(18-11)17-8-7-15-10-13-5-3-4-6-16-13/h3-6,9,15H,7-8,10H2,1-2H3,(H,17,18,19). The molecule has 2 rings (SSSR count). The summed E-state index contributed by atoms with van der Waals surface area (Å²) in [6.45, 7) is 6.34. The monoisotopic (exact) mass is 257 g/mol. The second kappa shape index (κ2) is 6.80. The van der Waals surface area contributed by atoms with E-state index in [-0.39, 0.29) is 0 Å². The van der Waals surface area contributed by atoms with Gasteiger partial charge in [-0.05, 0) is 32.0 Å². The van der Waals surface area contributed by atoms with Gasteiger partial charge in [-0.2, -0.15) is 0 Å². The quantitative estimate of drug-likeness (QED) is 0.771. The summed E-state index contributed by atoms with van der Waals surface area (Å²) in [6, 6.07) is 7.88. The molecule has 0 aliphatic heterocycles. The molecule has 0 saturated carbocycles. The van der Waals surface area contributed by atoms with Crippen LogP contribution in [-0.2, 0) is 6.54 Å². The number of aromatic nitrogens is 3. The Morgan fingerprint density at radius 1 is 1.05 bits per heavy atom. The molecule has 0 atom stereocenters. The molecule has 100 valence electrons. The molecule has 0 aliphatic rings. The molecule has 2 aromatic heterocycles. The van der Waals surface area contributed by atoms with E-state index in [0.29, 0.717) is 5.95 Å². The molecule has 5 nitrogen and oxygen atoms in total. The third kappa shape index (κ3) is 4.63. The van der Waals surface area contributed by atoms with Crippen molar-refractivity contribution in [2.75, 3.05) is 18.4 Å². The molecule has 5 heteroatoms. The molecule has 0 spiro atoms. The highest BCUT2D eigenvalue weighted by molar-refractivity contribution is 5.27. The maximum atomic E-state index is 4.33. The summed E-state index contributed by atoms with van der Waals surface area (Å²) < 4.78 is 0. The van der Waals surface area contributed by atoms with Crippen LogP contribution in [0.3, 0.4) is 0 Å². The molecule has 0 radical (unpaired) electrons. The van der Waals surface area contributed by atoms with E-state index in [1.54, 1.807) is 6.20 Å². The topological polar surface area (TPSA) is 62.7 Å². The lowest BCUT2D eigenvalue weighted by Gasteiger charge is -2.07. The van der Waals surface area contributed by atoms with Crippen LogP contribution in [0.2, 0.25) is 0 Å². The molecule has 0 bridgehead atoms. The van der Waals surface area contributed by atoms with Crippen LogP contribution in [0.4, 0.5) is 5.95 Å². The fourth-order valence-electron chi connectivity index (χ4n) is 1.79. The molecule has 0 saturated heterocycles. The van der Waals surface area contributed by atoms with Crippen molar-refractivity contribution in [2.45, 2.75) is 20.4 Å². The van der Waals surface area contributed by atoms with Crippen molar-refractivity contribution in [1.29, 1.82) is 0 Å². The number of rotatable bonds is 6. The van der Waals surface area contributed by atoms with Crippen molar-refractivity contribution < 1.29 is 0 Å². The minimum absolute atomic E-state index is 0.692. The summed E-state index contributed by atoms with van der Waals surface area (Å²) >= 11 is 0. The summed E-state index contributed by atoms with van der Waals surface area (Å²) in [4.78, 5) is 12.9. The van der Waals surface area contributed by atoms with Gasteiger partial charge < -0.3 is 10.6 Å². The van der Waals surface area contributed by atoms with Crippen LogP contribution in [0, 0.1) is 13.8 Å². The van der Waals surface area contributed by atoms with Gasteiger partial charge in [-0.3, -0.25) is 4.98 Å². The maximum Gasteiger partial charge on any atom is 0.223 e. The van der Waals surface area contributed by atoms with Crippen LogP contribution in [0.1, 0.15) is 17.1 Å². The van der Waals surface area contributed by atoms with Crippen molar-refractivity contribution in [1.82, 2.24) is 20.3 Å². The number of nitrogens with one attached hydrogen (secondary N) is 2. The normalized spacial score (nSPS) is 10.4. The molecule has 0 unspecified atom stereocenters. The first kappa shape index (κ1) is 13.4. The summed E-state index contributed by atoms with van der Waals surface area (Å²) in [6.07, 6.45) is 1.80. The maximum absolute atomic E-state index is 4.33. The van der Waals surface area contributed by atoms with E-state index in [9.17, 15) is 0 Å². The Bertz CT molecular complexity index is 492. The average Bonchev–Trinajstić information content (AvgIpc) is 2.38. The third-order valence-electron chi connectivity index (χ3n) is 2.60. The molecule has 2 aromatic rings. The van der Waals surface area contributed by atoms with Crippen molar-refractivity contribution in [2.24, 2.45) is 0 Å². The van der Waals surface area contributed by atoms with Gasteiger partial charge in [0, 0.05) is 37.2 Å². The Hall–Kier alpha value is -2.01. The Kier molecular flexibility index (Phi) is 4.80. The van der Waals surface area contributed by atoms with Gasteiger partial charge in [-0.25, -0.2) is 9.97 Å². The van der Waals surface area contributed by atoms with Gasteiger partial charge in [-0.15, -0.1) is 0 Å². The molecule has 0 aliphatic carbocycles. The smallest absolute Gasteiger partial charge is 0.223 e. The van der Waals surface area contributed by atoms with Crippen LogP contribution >= 0.6 is 0 Å². The van der Waals surface area contributed by atoms with Gasteiger partial charge in [0.2, 0.25) is 5.95 Å². The molecule has 2 N–H and O–H groups in total. The zero-order valence-corrected chi connectivity index (χ0v) is 11.3. The fraction of sp³-hybridized carbons (Fsp3) is 0.357. The Balaban J connectivity index is 1.69. The molecule has 2 heterocycles. The van der Waals surface area contributed by atoms with Crippen LogP contribution in [0.5, 0.6) is 0 Å². The van der Waals surface area contributed by atoms with Gasteiger partial charge in [-0.1, -0.05) is 6.07 Å². The van der Waals surface area contributed by atoms with E-state index in [2.05, 4.69) is 25.6 Å². The number of hydrogen-bond donors (Lipinski definition) is 2. The van der Waals surface area contributed by atoms with Gasteiger partial charge in [0.05, 0.1) is 5.69 Å². The highest BCUT2D eigenvalue weighted by Crippen LogP contribution is 2.02. The molecular weight excluding hydrogens is 238 g/mol. The summed E-state index contributed by atoms with van der Waals surface area (Å²) in [5.41, 5.74) is 3.01. The molecular formula is C14H19N5. The predicted octanol–water partition coefficient (Wildman–Crippen LogP) is 1.69. The van der Waals surface area contributed by atoms with Crippen molar-refractivity contribution >= 4 is 5.95 Å². The molecule has 0 aromatic carbocycles. The number of anilines is 1. The fourth-order valence-corrected chi connectivity index (χ4v) is 1.79. The van der Waals surface area contributed by atoms with Crippen molar-refractivity contribution in [3.63, 3.8) is 0 Å². The lowest BCUT2D eigenvalue weighted by atomic mass is 10.3. The first-order chi connectivity index (χ1) is 9.24. The molecule has 19 heavy (non-hydrogen) atoms. The van der Waals surface area contributed by atoms with Crippen molar-refractivity contribution in [3.8, 4) is 0 Å². The van der Waals surface area contributed by atoms with Crippen LogP contribution in [0.25, 0.3) is 0 Å². The third-order valence-corrected chi connectivity index (χ3v) is 2.60. The average molecular weight is 257 g/mol. The van der Waals surface area contributed by atoms with Crippen LogP contribution in [-0.4, -0.2) is 28.0 Å². The van der Waals surface area contributed by atoms with Gasteiger partial charge in [0.25, 0.3) is 0 Å². The largest absolute Gasteiger partial charge is 0.353 e. The molecule has 0 amide bonds. The first-order valence-corrected chi connectivity index (χ1v) is 6.41. The number of aryl methyl sites for hydroxylation is 2. The summed E-state index contributed by atoms with van der Waals surface area (Å²) in [5.74, 6) is 0.692. The number of hydrogen-bond acceptors (Lipinski definition) is 5. The van der Waals surface area contributed by atoms with E-state index < -0.39 is 0 Å². The Morgan fingerprint density at radius 2 is 1.84 bits per heavy atom. The van der Waals surface area contributed by atoms with Crippen LogP contribution in [0.15, 0.2) is 30.5 Å². The first-order valence-electron chi connectivity index (χ1n) is 6.41. The zero-order valence-electron chi connectivity index (χ0n) is 11.3. The van der Waals surface area contributed by atoms with E-state index in [1.165, 1.54) is 0 Å². The van der Waals surface area contributed by atoms with E-state index >= 15 is 0 Å². The Morgan fingerprint density at radius 3 is 2.53 bits per heavy atom. The number of nitrogens with zero attached hydrogens (tertiary/aromatic N) is 3. The lowest BCUT2D eigenvalue weighted by molar-refractivity contribution is 0.691. The summed E-state index contributed by atoms with van der Waals surface area (Å²) in [7, 11) is 0. The SMILES string of the molecule is Cc1cc(C)nc(NCCNCc2ccccn2)n1. The highest BCUT2D eigenvalue weighted by Gasteiger charge is 1.98. The van der Waals surface area contributed by atoms with Gasteiger partial charge >= 0.3 is 0 Å². The minimum Gasteiger partial charge on any atom is -0.353 e. The summed E-state index contributed by atoms with van der Waals surface area (Å²) in [5, 5.41) is 6.53. The lowest BCUT2D eigenvalue weighted by Crippen LogP contribution is -2.23. The minimum atomic E-state index is 0.692. The van der Waals surface area contributed by atoms with E-state index in [4.69, 9.17) is 0 Å². The van der Waals surface area contributed by atoms with Gasteiger partial charge in [0.1, 0.15) is 0 Å². The van der Waals surface area contributed by atoms with Gasteiger partial charge in [0.15, 0.2) is 0 Å².